The SMILES string of the molecule is C=N.C=O.CC.CC.CC.CN.COc1ccc(/C(=C\CCCc2ccncc2)OC=N)cc1Br. The van der Waals surface area contributed by atoms with Gasteiger partial charge in [-0.1, -0.05) is 41.5 Å². The van der Waals surface area contributed by atoms with Crippen molar-refractivity contribution < 1.29 is 14.3 Å². The number of hydrogen-bond donors (Lipinski definition) is 3. The van der Waals surface area contributed by atoms with E-state index >= 15 is 0 Å². The van der Waals surface area contributed by atoms with Crippen molar-refractivity contribution in [2.24, 2.45) is 5.73 Å². The van der Waals surface area contributed by atoms with Crippen LogP contribution in [0, 0.1) is 10.8 Å². The predicted octanol–water partition coefficient (Wildman–Crippen LogP) is 7.57. The summed E-state index contributed by atoms with van der Waals surface area (Å²) in [7, 11) is 3.13. The van der Waals surface area contributed by atoms with E-state index < -0.39 is 0 Å². The topological polar surface area (TPSA) is 122 Å². The Morgan fingerprint density at radius 1 is 1.03 bits per heavy atom. The van der Waals surface area contributed by atoms with Crippen LogP contribution < -0.4 is 10.5 Å². The van der Waals surface area contributed by atoms with Crippen LogP contribution >= 0.6 is 15.9 Å². The first-order chi connectivity index (χ1) is 17.2. The van der Waals surface area contributed by atoms with Crippen LogP contribution in [0.1, 0.15) is 65.5 Å². The maximum atomic E-state index is 8.00. The van der Waals surface area contributed by atoms with Gasteiger partial charge in [0.1, 0.15) is 18.3 Å². The molecule has 0 unspecified atom stereocenters. The molecule has 35 heavy (non-hydrogen) atoms. The Kier molecular flexibility index (Phi) is 46.5. The lowest BCUT2D eigenvalue weighted by atomic mass is 10.1. The summed E-state index contributed by atoms with van der Waals surface area (Å²) >= 11 is 3.47. The van der Waals surface area contributed by atoms with Crippen molar-refractivity contribution >= 4 is 41.6 Å². The average molecular weight is 556 g/mol. The highest BCUT2D eigenvalue weighted by molar-refractivity contribution is 9.10. The number of allylic oxidation sites excluding steroid dienone is 1. The van der Waals surface area contributed by atoms with E-state index in [1.807, 2.05) is 97.1 Å². The summed E-state index contributed by atoms with van der Waals surface area (Å²) in [6, 6.07) is 9.77. The minimum Gasteiger partial charge on any atom is -0.496 e. The zero-order valence-corrected chi connectivity index (χ0v) is 24.4. The van der Waals surface area contributed by atoms with Gasteiger partial charge in [0.15, 0.2) is 6.40 Å². The van der Waals surface area contributed by atoms with Crippen LogP contribution in [-0.4, -0.2) is 39.0 Å². The molecule has 1 aromatic heterocycles. The first-order valence-electron chi connectivity index (χ1n) is 11.5. The fourth-order valence-corrected chi connectivity index (χ4v) is 2.75. The van der Waals surface area contributed by atoms with Gasteiger partial charge in [0.25, 0.3) is 0 Å². The van der Waals surface area contributed by atoms with E-state index in [0.717, 1.165) is 41.4 Å². The number of rotatable bonds is 8. The summed E-state index contributed by atoms with van der Waals surface area (Å²) < 4.78 is 11.4. The van der Waals surface area contributed by atoms with Gasteiger partial charge in [-0.3, -0.25) is 10.4 Å². The standard InChI is InChI=1S/C18H19BrN2O2.3C2H6.CH5N.CH3N.CH2O/c1-22-18-7-6-15(12-16(18)19)17(23-13-20)5-3-2-4-14-8-10-21-11-9-14;6*1-2/h5-13,20H,2-4H2,1H3;3*1-2H3;2H2,1H3;2H,1H2;1H2/b17-5+,20-13?;;;;;;. The zero-order valence-electron chi connectivity index (χ0n) is 22.9. The second kappa shape index (κ2) is 38.4. The lowest BCUT2D eigenvalue weighted by molar-refractivity contribution is -0.0980. The van der Waals surface area contributed by atoms with E-state index in [4.69, 9.17) is 25.1 Å². The number of carbonyl (C=O) groups is 1. The van der Waals surface area contributed by atoms with Crippen molar-refractivity contribution in [1.82, 2.24) is 4.98 Å². The van der Waals surface area contributed by atoms with Crippen LogP contribution in [0.5, 0.6) is 5.75 Å². The lowest BCUT2D eigenvalue weighted by Crippen LogP contribution is -1.93. The summed E-state index contributed by atoms with van der Waals surface area (Å²) in [4.78, 5) is 12.0. The monoisotopic (exact) mass is 554 g/mol. The van der Waals surface area contributed by atoms with E-state index in [0.29, 0.717) is 5.76 Å². The third-order valence-electron chi connectivity index (χ3n) is 3.37. The van der Waals surface area contributed by atoms with Gasteiger partial charge in [-0.15, -0.1) is 0 Å². The Morgan fingerprint density at radius 2 is 1.54 bits per heavy atom. The van der Waals surface area contributed by atoms with Gasteiger partial charge in [0.2, 0.25) is 0 Å². The smallest absolute Gasteiger partial charge is 0.173 e. The normalized spacial score (nSPS) is 8.23. The third kappa shape index (κ3) is 22.7. The minimum absolute atomic E-state index is 0.679. The van der Waals surface area contributed by atoms with Gasteiger partial charge in [-0.2, -0.15) is 0 Å². The molecule has 0 bridgehead atoms. The Bertz CT molecular complexity index is 713. The van der Waals surface area contributed by atoms with Crippen molar-refractivity contribution in [3.8, 4) is 5.75 Å². The molecule has 0 saturated heterocycles. The summed E-state index contributed by atoms with van der Waals surface area (Å²) in [5.41, 5.74) is 6.68. The number of aryl methyl sites for hydroxylation is 1. The molecular formula is C27H47BrN4O3. The molecule has 0 saturated carbocycles. The Morgan fingerprint density at radius 3 is 1.97 bits per heavy atom. The average Bonchev–Trinajstić information content (AvgIpc) is 2.97. The number of carbonyl (C=O) groups excluding carboxylic acids is 1. The lowest BCUT2D eigenvalue weighted by Gasteiger charge is -2.09. The number of halogens is 1. The van der Waals surface area contributed by atoms with Crippen molar-refractivity contribution in [1.29, 1.82) is 10.8 Å². The van der Waals surface area contributed by atoms with Crippen LogP contribution in [0.15, 0.2) is 53.3 Å². The van der Waals surface area contributed by atoms with E-state index in [1.54, 1.807) is 7.11 Å². The minimum atomic E-state index is 0.679. The zero-order chi connectivity index (χ0) is 28.5. The molecule has 0 radical (unpaired) electrons. The number of methoxy groups -OCH3 is 1. The maximum absolute atomic E-state index is 8.00. The molecule has 0 fully saturated rings. The number of ether oxygens (including phenoxy) is 2. The van der Waals surface area contributed by atoms with E-state index in [9.17, 15) is 0 Å². The van der Waals surface area contributed by atoms with E-state index in [2.05, 4.69) is 33.4 Å². The van der Waals surface area contributed by atoms with Crippen molar-refractivity contribution in [3.63, 3.8) is 0 Å². The summed E-state index contributed by atoms with van der Waals surface area (Å²) in [5, 5.41) is 12.7. The first kappa shape index (κ1) is 42.3. The van der Waals surface area contributed by atoms with E-state index in [-0.39, 0.29) is 0 Å². The molecule has 200 valence electrons. The van der Waals surface area contributed by atoms with Crippen LogP contribution in [0.2, 0.25) is 0 Å². The summed E-state index contributed by atoms with van der Waals surface area (Å²) in [5.74, 6) is 1.44. The van der Waals surface area contributed by atoms with Crippen LogP contribution in [0.25, 0.3) is 5.76 Å². The molecule has 1 aromatic carbocycles. The number of aromatic nitrogens is 1. The fourth-order valence-electron chi connectivity index (χ4n) is 2.21. The number of hydrogen-bond acceptors (Lipinski definition) is 7. The molecule has 7 nitrogen and oxygen atoms in total. The molecule has 0 spiro atoms. The van der Waals surface area contributed by atoms with Gasteiger partial charge in [-0.25, -0.2) is 0 Å². The van der Waals surface area contributed by atoms with Crippen molar-refractivity contribution in [2.75, 3.05) is 14.2 Å². The van der Waals surface area contributed by atoms with Crippen molar-refractivity contribution in [3.05, 3.63) is 64.4 Å². The molecule has 8 heteroatoms. The number of nitrogens with two attached hydrogens (primary N) is 1. The second-order valence-electron chi connectivity index (χ2n) is 4.90. The highest BCUT2D eigenvalue weighted by atomic mass is 79.9. The molecule has 1 heterocycles. The van der Waals surface area contributed by atoms with Gasteiger partial charge in [0.05, 0.1) is 11.6 Å². The molecule has 2 rings (SSSR count). The molecule has 0 aliphatic heterocycles. The number of pyridine rings is 1. The number of nitrogens with zero attached hydrogens (tertiary/aromatic N) is 1. The Balaban J connectivity index is -0.000000218. The third-order valence-corrected chi connectivity index (χ3v) is 3.99. The van der Waals surface area contributed by atoms with Crippen molar-refractivity contribution in [2.45, 2.75) is 60.8 Å². The summed E-state index contributed by atoms with van der Waals surface area (Å²) in [6.07, 6.45) is 9.45. The number of unbranched alkanes of at least 4 members (excludes halogenated alkanes) is 1. The summed E-state index contributed by atoms with van der Waals surface area (Å²) in [6.45, 7) is 16.5. The molecular weight excluding hydrogens is 508 g/mol. The fraction of sp³-hybridized carbons (Fsp3) is 0.407. The number of benzene rings is 1. The highest BCUT2D eigenvalue weighted by Crippen LogP contribution is 2.29. The van der Waals surface area contributed by atoms with Crippen LogP contribution in [-0.2, 0) is 16.0 Å². The maximum Gasteiger partial charge on any atom is 0.173 e. The van der Waals surface area contributed by atoms with Gasteiger partial charge in [-0.05, 0) is 90.9 Å². The molecule has 0 amide bonds. The van der Waals surface area contributed by atoms with Gasteiger partial charge < -0.3 is 25.4 Å². The molecule has 4 N–H and O–H groups in total. The predicted molar refractivity (Wildman–Crippen MR) is 157 cm³/mol. The van der Waals surface area contributed by atoms with Gasteiger partial charge in [0, 0.05) is 18.0 Å². The van der Waals surface area contributed by atoms with Crippen LogP contribution in [0.4, 0.5) is 0 Å². The van der Waals surface area contributed by atoms with Crippen LogP contribution in [0.3, 0.4) is 0 Å². The largest absolute Gasteiger partial charge is 0.496 e. The number of nitrogens with one attached hydrogen (secondary N) is 2. The molecule has 2 aromatic rings. The molecule has 0 aliphatic carbocycles. The quantitative estimate of drug-likeness (QED) is 0.134. The van der Waals surface area contributed by atoms with E-state index in [1.165, 1.54) is 12.6 Å². The highest BCUT2D eigenvalue weighted by Gasteiger charge is 2.06. The Hall–Kier alpha value is -2.84. The Labute approximate surface area is 222 Å². The molecule has 0 aliphatic rings. The first-order valence-corrected chi connectivity index (χ1v) is 12.3. The van der Waals surface area contributed by atoms with Gasteiger partial charge >= 0.3 is 0 Å². The molecule has 0 atom stereocenters. The second-order valence-corrected chi connectivity index (χ2v) is 5.76.